The predicted molar refractivity (Wildman–Crippen MR) is 79.5 cm³/mol. The molecular weight excluding hydrogens is 254 g/mol. The highest BCUT2D eigenvalue weighted by Crippen LogP contribution is 2.02. The minimum Gasteiger partial charge on any atom is -0.384 e. The molecular formula is C14H23N5O. The quantitative estimate of drug-likeness (QED) is 0.743. The molecule has 0 radical (unpaired) electrons. The summed E-state index contributed by atoms with van der Waals surface area (Å²) >= 11 is 0. The minimum atomic E-state index is -0.0872. The number of carbonyl (C=O) groups is 1. The van der Waals surface area contributed by atoms with E-state index in [1.165, 1.54) is 6.20 Å². The predicted octanol–water partition coefficient (Wildman–Crippen LogP) is 0.0311. The first-order chi connectivity index (χ1) is 9.65. The molecule has 0 saturated carbocycles. The third-order valence-electron chi connectivity index (χ3n) is 3.58. The first kappa shape index (κ1) is 14.7. The van der Waals surface area contributed by atoms with Gasteiger partial charge >= 0.3 is 0 Å². The summed E-state index contributed by atoms with van der Waals surface area (Å²) in [6.45, 7) is 6.22. The lowest BCUT2D eigenvalue weighted by Gasteiger charge is -2.32. The topological polar surface area (TPSA) is 74.5 Å². The monoisotopic (exact) mass is 277 g/mol. The van der Waals surface area contributed by atoms with Crippen molar-refractivity contribution in [2.24, 2.45) is 0 Å². The molecule has 1 aliphatic heterocycles. The van der Waals surface area contributed by atoms with E-state index in [0.29, 0.717) is 17.9 Å². The Morgan fingerprint density at radius 1 is 1.35 bits per heavy atom. The summed E-state index contributed by atoms with van der Waals surface area (Å²) in [4.78, 5) is 20.5. The summed E-state index contributed by atoms with van der Waals surface area (Å²) in [6, 6.07) is 3.33. The highest BCUT2D eigenvalue weighted by Gasteiger charge is 2.13. The molecule has 20 heavy (non-hydrogen) atoms. The maximum atomic E-state index is 11.8. The fraction of sp³-hybridized carbons (Fsp3) is 0.571. The Hall–Kier alpha value is -1.66. The van der Waals surface area contributed by atoms with Gasteiger partial charge in [0.15, 0.2) is 0 Å². The fourth-order valence-corrected chi connectivity index (χ4v) is 2.22. The number of carbonyl (C=O) groups excluding carboxylic acids is 1. The fourth-order valence-electron chi connectivity index (χ4n) is 2.22. The van der Waals surface area contributed by atoms with Gasteiger partial charge in [0, 0.05) is 38.9 Å². The number of hydrogen-bond acceptors (Lipinski definition) is 5. The number of piperazine rings is 1. The minimum absolute atomic E-state index is 0.0872. The van der Waals surface area contributed by atoms with Gasteiger partial charge in [0.05, 0.1) is 5.56 Å². The van der Waals surface area contributed by atoms with E-state index >= 15 is 0 Å². The second-order valence-electron chi connectivity index (χ2n) is 5.23. The molecule has 2 heterocycles. The van der Waals surface area contributed by atoms with E-state index in [1.54, 1.807) is 12.1 Å². The van der Waals surface area contributed by atoms with E-state index in [4.69, 9.17) is 5.73 Å². The lowest BCUT2D eigenvalue weighted by Crippen LogP contribution is -2.45. The zero-order valence-electron chi connectivity index (χ0n) is 12.0. The van der Waals surface area contributed by atoms with Crippen LogP contribution in [0.25, 0.3) is 0 Å². The average molecular weight is 277 g/mol. The maximum absolute atomic E-state index is 11.8. The summed E-state index contributed by atoms with van der Waals surface area (Å²) in [7, 11) is 2.15. The first-order valence-corrected chi connectivity index (χ1v) is 7.06. The third kappa shape index (κ3) is 4.47. The van der Waals surface area contributed by atoms with Crippen LogP contribution in [0.15, 0.2) is 18.3 Å². The summed E-state index contributed by atoms with van der Waals surface area (Å²) < 4.78 is 0. The van der Waals surface area contributed by atoms with Gasteiger partial charge in [-0.2, -0.15) is 0 Å². The van der Waals surface area contributed by atoms with Crippen molar-refractivity contribution in [3.63, 3.8) is 0 Å². The second-order valence-corrected chi connectivity index (χ2v) is 5.23. The standard InChI is InChI=1S/C14H23N5O/c1-18-7-9-19(10-8-18)6-2-5-16-14(20)12-3-4-13(15)17-11-12/h3-4,11H,2,5-10H2,1H3,(H2,15,17)(H,16,20). The number of nitrogen functional groups attached to an aromatic ring is 1. The van der Waals surface area contributed by atoms with Gasteiger partial charge in [-0.15, -0.1) is 0 Å². The van der Waals surface area contributed by atoms with Crippen LogP contribution in [0.3, 0.4) is 0 Å². The Kier molecular flexibility index (Phi) is 5.31. The lowest BCUT2D eigenvalue weighted by molar-refractivity contribution is 0.0949. The van der Waals surface area contributed by atoms with Crippen LogP contribution < -0.4 is 11.1 Å². The molecule has 1 aromatic rings. The highest BCUT2D eigenvalue weighted by molar-refractivity contribution is 5.93. The SMILES string of the molecule is CN1CCN(CCCNC(=O)c2ccc(N)nc2)CC1. The molecule has 0 spiro atoms. The number of anilines is 1. The summed E-state index contributed by atoms with van der Waals surface area (Å²) in [5, 5.41) is 2.91. The molecule has 1 amide bonds. The van der Waals surface area contributed by atoms with Crippen LogP contribution in [-0.4, -0.2) is 67.0 Å². The Bertz CT molecular complexity index is 426. The van der Waals surface area contributed by atoms with Gasteiger partial charge in [-0.3, -0.25) is 4.79 Å². The Balaban J connectivity index is 1.63. The van der Waals surface area contributed by atoms with E-state index in [9.17, 15) is 4.79 Å². The number of aromatic nitrogens is 1. The van der Waals surface area contributed by atoms with Gasteiger partial charge < -0.3 is 20.9 Å². The number of nitrogens with one attached hydrogen (secondary N) is 1. The normalized spacial score (nSPS) is 17.1. The van der Waals surface area contributed by atoms with Crippen LogP contribution in [-0.2, 0) is 0 Å². The Labute approximate surface area is 120 Å². The van der Waals surface area contributed by atoms with Crippen molar-refractivity contribution in [1.82, 2.24) is 20.1 Å². The van der Waals surface area contributed by atoms with Gasteiger partial charge in [0.25, 0.3) is 5.91 Å². The van der Waals surface area contributed by atoms with Gasteiger partial charge in [-0.1, -0.05) is 0 Å². The number of rotatable bonds is 5. The molecule has 1 aliphatic rings. The molecule has 6 heteroatoms. The van der Waals surface area contributed by atoms with Crippen molar-refractivity contribution >= 4 is 11.7 Å². The molecule has 2 rings (SSSR count). The van der Waals surface area contributed by atoms with Crippen LogP contribution in [0, 0.1) is 0 Å². The van der Waals surface area contributed by atoms with Gasteiger partial charge in [-0.25, -0.2) is 4.98 Å². The van der Waals surface area contributed by atoms with Gasteiger partial charge in [0.1, 0.15) is 5.82 Å². The number of amides is 1. The molecule has 0 aromatic carbocycles. The largest absolute Gasteiger partial charge is 0.384 e. The molecule has 3 N–H and O–H groups in total. The summed E-state index contributed by atoms with van der Waals surface area (Å²) in [5.41, 5.74) is 6.04. The van der Waals surface area contributed by atoms with E-state index in [-0.39, 0.29) is 5.91 Å². The van der Waals surface area contributed by atoms with E-state index in [0.717, 1.165) is 39.1 Å². The molecule has 6 nitrogen and oxygen atoms in total. The van der Waals surface area contributed by atoms with Crippen molar-refractivity contribution in [3.05, 3.63) is 23.9 Å². The van der Waals surface area contributed by atoms with Crippen LogP contribution >= 0.6 is 0 Å². The second kappa shape index (κ2) is 7.21. The van der Waals surface area contributed by atoms with Crippen molar-refractivity contribution in [2.75, 3.05) is 52.0 Å². The summed E-state index contributed by atoms with van der Waals surface area (Å²) in [6.07, 6.45) is 2.48. The third-order valence-corrected chi connectivity index (χ3v) is 3.58. The molecule has 0 atom stereocenters. The van der Waals surface area contributed by atoms with E-state index < -0.39 is 0 Å². The van der Waals surface area contributed by atoms with Crippen molar-refractivity contribution in [3.8, 4) is 0 Å². The molecule has 110 valence electrons. The number of likely N-dealkylation sites (N-methyl/N-ethyl adjacent to an activating group) is 1. The zero-order chi connectivity index (χ0) is 14.4. The summed E-state index contributed by atoms with van der Waals surface area (Å²) in [5.74, 6) is 0.340. The van der Waals surface area contributed by atoms with Crippen LogP contribution in [0.2, 0.25) is 0 Å². The smallest absolute Gasteiger partial charge is 0.252 e. The first-order valence-electron chi connectivity index (χ1n) is 7.06. The van der Waals surface area contributed by atoms with E-state index in [2.05, 4.69) is 27.1 Å². The van der Waals surface area contributed by atoms with Crippen molar-refractivity contribution < 1.29 is 4.79 Å². The zero-order valence-corrected chi connectivity index (χ0v) is 12.0. The number of pyridine rings is 1. The maximum Gasteiger partial charge on any atom is 0.252 e. The molecule has 0 bridgehead atoms. The average Bonchev–Trinajstić information content (AvgIpc) is 2.46. The van der Waals surface area contributed by atoms with Crippen molar-refractivity contribution in [2.45, 2.75) is 6.42 Å². The highest BCUT2D eigenvalue weighted by atomic mass is 16.1. The molecule has 0 unspecified atom stereocenters. The molecule has 1 fully saturated rings. The Morgan fingerprint density at radius 3 is 2.75 bits per heavy atom. The van der Waals surface area contributed by atoms with E-state index in [1.807, 2.05) is 0 Å². The van der Waals surface area contributed by atoms with Crippen LogP contribution in [0.5, 0.6) is 0 Å². The Morgan fingerprint density at radius 2 is 2.10 bits per heavy atom. The molecule has 1 saturated heterocycles. The molecule has 0 aliphatic carbocycles. The van der Waals surface area contributed by atoms with Crippen LogP contribution in [0.1, 0.15) is 16.8 Å². The van der Waals surface area contributed by atoms with Gasteiger partial charge in [-0.05, 0) is 32.1 Å². The van der Waals surface area contributed by atoms with Gasteiger partial charge in [0.2, 0.25) is 0 Å². The number of nitrogens with zero attached hydrogens (tertiary/aromatic N) is 3. The number of hydrogen-bond donors (Lipinski definition) is 2. The number of nitrogens with two attached hydrogens (primary N) is 1. The molecule has 1 aromatic heterocycles. The lowest BCUT2D eigenvalue weighted by atomic mass is 10.2. The van der Waals surface area contributed by atoms with Crippen molar-refractivity contribution in [1.29, 1.82) is 0 Å². The van der Waals surface area contributed by atoms with Crippen LogP contribution in [0.4, 0.5) is 5.82 Å².